The summed E-state index contributed by atoms with van der Waals surface area (Å²) in [5.74, 6) is -0.906. The first-order valence-electron chi connectivity index (χ1n) is 9.04. The fourth-order valence-corrected chi connectivity index (χ4v) is 3.83. The summed E-state index contributed by atoms with van der Waals surface area (Å²) in [4.78, 5) is 27.8. The van der Waals surface area contributed by atoms with Crippen LogP contribution >= 0.6 is 11.6 Å². The van der Waals surface area contributed by atoms with Crippen LogP contribution in [0.25, 0.3) is 11.3 Å². The lowest BCUT2D eigenvalue weighted by molar-refractivity contribution is -0.139. The van der Waals surface area contributed by atoms with Gasteiger partial charge in [-0.1, -0.05) is 36.7 Å². The predicted molar refractivity (Wildman–Crippen MR) is 103 cm³/mol. The summed E-state index contributed by atoms with van der Waals surface area (Å²) in [6.45, 7) is 3.86. The number of carbonyl (C=O) groups excluding carboxylic acids is 1. The number of amides is 1. The smallest absolute Gasteiger partial charge is 0.317 e. The molecule has 0 saturated carbocycles. The fraction of sp³-hybridized carbons (Fsp3) is 0.421. The van der Waals surface area contributed by atoms with E-state index in [2.05, 4.69) is 10.2 Å². The molecule has 2 N–H and O–H groups in total. The number of halogens is 1. The van der Waals surface area contributed by atoms with E-state index in [-0.39, 0.29) is 18.5 Å². The van der Waals surface area contributed by atoms with Gasteiger partial charge in [-0.3, -0.25) is 19.6 Å². The number of carboxylic acid groups (broad SMARTS) is 1. The molecule has 3 rings (SSSR count). The topological polar surface area (TPSA) is 89.5 Å². The molecule has 2 aromatic rings. The van der Waals surface area contributed by atoms with Gasteiger partial charge in [0.25, 0.3) is 5.91 Å². The standard InChI is InChI=1S/C19H23ClN4O3/c1-2-23(12-17(25)26)13-7-9-24(10-8-13)19(27)15-11-21-22-18(15)14-5-3-4-6-16(14)20/h3-6,11,13H,2,7-10,12H2,1H3,(H,21,22)(H,25,26). The van der Waals surface area contributed by atoms with Gasteiger partial charge in [0.15, 0.2) is 0 Å². The number of piperidine rings is 1. The number of aliphatic carboxylic acids is 1. The summed E-state index contributed by atoms with van der Waals surface area (Å²) in [7, 11) is 0. The first-order chi connectivity index (χ1) is 13.0. The zero-order chi connectivity index (χ0) is 19.4. The molecule has 1 fully saturated rings. The second-order valence-electron chi connectivity index (χ2n) is 6.62. The lowest BCUT2D eigenvalue weighted by Gasteiger charge is -2.37. The average molecular weight is 391 g/mol. The zero-order valence-corrected chi connectivity index (χ0v) is 15.9. The maximum Gasteiger partial charge on any atom is 0.317 e. The fourth-order valence-electron chi connectivity index (χ4n) is 3.59. The highest BCUT2D eigenvalue weighted by atomic mass is 35.5. The largest absolute Gasteiger partial charge is 0.480 e. The third kappa shape index (κ3) is 4.31. The summed E-state index contributed by atoms with van der Waals surface area (Å²) in [5, 5.41) is 16.5. The Bertz CT molecular complexity index is 815. The minimum Gasteiger partial charge on any atom is -0.480 e. The monoisotopic (exact) mass is 390 g/mol. The average Bonchev–Trinajstić information content (AvgIpc) is 3.15. The lowest BCUT2D eigenvalue weighted by Crippen LogP contribution is -2.48. The molecular weight excluding hydrogens is 368 g/mol. The Morgan fingerprint density at radius 2 is 2.04 bits per heavy atom. The number of aromatic nitrogens is 2. The van der Waals surface area contributed by atoms with Crippen LogP contribution in [-0.4, -0.2) is 69.2 Å². The zero-order valence-electron chi connectivity index (χ0n) is 15.2. The molecule has 8 heteroatoms. The van der Waals surface area contributed by atoms with Crippen LogP contribution in [0, 0.1) is 0 Å². The maximum atomic E-state index is 13.0. The van der Waals surface area contributed by atoms with E-state index >= 15 is 0 Å². The van der Waals surface area contributed by atoms with Crippen LogP contribution in [0.15, 0.2) is 30.5 Å². The van der Waals surface area contributed by atoms with Crippen molar-refractivity contribution >= 4 is 23.5 Å². The van der Waals surface area contributed by atoms with E-state index in [1.54, 1.807) is 11.0 Å². The minimum absolute atomic E-state index is 0.0352. The Morgan fingerprint density at radius 1 is 1.33 bits per heavy atom. The van der Waals surface area contributed by atoms with Gasteiger partial charge in [-0.25, -0.2) is 0 Å². The molecule has 0 atom stereocenters. The summed E-state index contributed by atoms with van der Waals surface area (Å²) in [5.41, 5.74) is 1.86. The van der Waals surface area contributed by atoms with Crippen LogP contribution < -0.4 is 0 Å². The molecular formula is C19H23ClN4O3. The SMILES string of the molecule is CCN(CC(=O)O)C1CCN(C(=O)c2cn[nH]c2-c2ccccc2Cl)CC1. The van der Waals surface area contributed by atoms with Gasteiger partial charge in [-0.05, 0) is 25.5 Å². The van der Waals surface area contributed by atoms with Gasteiger partial charge in [0.1, 0.15) is 0 Å². The van der Waals surface area contributed by atoms with Crippen molar-refractivity contribution in [1.82, 2.24) is 20.0 Å². The van der Waals surface area contributed by atoms with Crippen LogP contribution in [-0.2, 0) is 4.79 Å². The van der Waals surface area contributed by atoms with E-state index in [9.17, 15) is 9.59 Å². The second-order valence-corrected chi connectivity index (χ2v) is 7.03. The number of carbonyl (C=O) groups is 2. The first-order valence-corrected chi connectivity index (χ1v) is 9.42. The molecule has 2 heterocycles. The van der Waals surface area contributed by atoms with E-state index in [4.69, 9.17) is 16.7 Å². The van der Waals surface area contributed by atoms with Crippen molar-refractivity contribution in [2.24, 2.45) is 0 Å². The third-order valence-electron chi connectivity index (χ3n) is 5.03. The highest BCUT2D eigenvalue weighted by molar-refractivity contribution is 6.33. The van der Waals surface area contributed by atoms with Crippen LogP contribution in [0.2, 0.25) is 5.02 Å². The minimum atomic E-state index is -0.821. The molecule has 1 aliphatic rings. The van der Waals surface area contributed by atoms with Crippen molar-refractivity contribution in [3.8, 4) is 11.3 Å². The predicted octanol–water partition coefficient (Wildman–Crippen LogP) is 2.74. The van der Waals surface area contributed by atoms with Gasteiger partial charge < -0.3 is 10.0 Å². The molecule has 0 aliphatic carbocycles. The summed E-state index contributed by atoms with van der Waals surface area (Å²) in [6, 6.07) is 7.51. The van der Waals surface area contributed by atoms with Crippen LogP contribution in [0.3, 0.4) is 0 Å². The molecule has 1 saturated heterocycles. The van der Waals surface area contributed by atoms with E-state index in [0.717, 1.165) is 18.4 Å². The molecule has 1 amide bonds. The molecule has 0 spiro atoms. The number of nitrogens with zero attached hydrogens (tertiary/aromatic N) is 3. The Balaban J connectivity index is 1.70. The van der Waals surface area contributed by atoms with Gasteiger partial charge in [-0.2, -0.15) is 5.10 Å². The Kier molecular flexibility index (Phi) is 6.13. The van der Waals surface area contributed by atoms with Gasteiger partial charge >= 0.3 is 5.97 Å². The first kappa shape index (κ1) is 19.4. The highest BCUT2D eigenvalue weighted by Gasteiger charge is 2.29. The van der Waals surface area contributed by atoms with Crippen LogP contribution in [0.5, 0.6) is 0 Å². The molecule has 0 radical (unpaired) electrons. The number of H-pyrrole nitrogens is 1. The summed E-state index contributed by atoms with van der Waals surface area (Å²) >= 11 is 6.26. The molecule has 1 aliphatic heterocycles. The maximum absolute atomic E-state index is 13.0. The molecule has 1 aromatic carbocycles. The number of carboxylic acids is 1. The van der Waals surface area contributed by atoms with Crippen molar-refractivity contribution in [1.29, 1.82) is 0 Å². The molecule has 0 unspecified atom stereocenters. The number of hydrogen-bond donors (Lipinski definition) is 2. The number of benzene rings is 1. The second kappa shape index (κ2) is 8.54. The van der Waals surface area contributed by atoms with Gasteiger partial charge in [0.05, 0.1) is 24.0 Å². The van der Waals surface area contributed by atoms with Crippen LogP contribution in [0.1, 0.15) is 30.1 Å². The van der Waals surface area contributed by atoms with E-state index in [0.29, 0.717) is 35.9 Å². The van der Waals surface area contributed by atoms with Gasteiger partial charge in [-0.15, -0.1) is 0 Å². The Labute approximate surface area is 162 Å². The van der Waals surface area contributed by atoms with Crippen molar-refractivity contribution in [2.45, 2.75) is 25.8 Å². The molecule has 144 valence electrons. The van der Waals surface area contributed by atoms with E-state index in [1.165, 1.54) is 6.20 Å². The van der Waals surface area contributed by atoms with Crippen molar-refractivity contribution < 1.29 is 14.7 Å². The number of likely N-dealkylation sites (tertiary alicyclic amines) is 1. The Morgan fingerprint density at radius 3 is 2.67 bits per heavy atom. The van der Waals surface area contributed by atoms with Gasteiger partial charge in [0.2, 0.25) is 0 Å². The Hall–Kier alpha value is -2.38. The quantitative estimate of drug-likeness (QED) is 0.791. The number of likely N-dealkylation sites (N-methyl/N-ethyl adjacent to an activating group) is 1. The van der Waals surface area contributed by atoms with Gasteiger partial charge in [0, 0.05) is 29.7 Å². The molecule has 7 nitrogen and oxygen atoms in total. The summed E-state index contributed by atoms with van der Waals surface area (Å²) < 4.78 is 0. The lowest BCUT2D eigenvalue weighted by atomic mass is 10.0. The normalized spacial score (nSPS) is 15.3. The van der Waals surface area contributed by atoms with Crippen LogP contribution in [0.4, 0.5) is 0 Å². The van der Waals surface area contributed by atoms with E-state index < -0.39 is 5.97 Å². The summed E-state index contributed by atoms with van der Waals surface area (Å²) in [6.07, 6.45) is 3.05. The van der Waals surface area contributed by atoms with Crippen molar-refractivity contribution in [3.05, 3.63) is 41.0 Å². The number of rotatable bonds is 6. The highest BCUT2D eigenvalue weighted by Crippen LogP contribution is 2.29. The molecule has 0 bridgehead atoms. The number of nitrogens with one attached hydrogen (secondary N) is 1. The number of hydrogen-bond acceptors (Lipinski definition) is 4. The third-order valence-corrected chi connectivity index (χ3v) is 5.36. The van der Waals surface area contributed by atoms with E-state index in [1.807, 2.05) is 30.0 Å². The van der Waals surface area contributed by atoms with Crippen molar-refractivity contribution in [3.63, 3.8) is 0 Å². The molecule has 1 aromatic heterocycles. The molecule has 27 heavy (non-hydrogen) atoms. The number of aromatic amines is 1. The van der Waals surface area contributed by atoms with Crippen molar-refractivity contribution in [2.75, 3.05) is 26.2 Å².